The summed E-state index contributed by atoms with van der Waals surface area (Å²) in [6.07, 6.45) is 0. The van der Waals surface area contributed by atoms with Crippen LogP contribution in [0, 0.1) is 5.41 Å². The maximum Gasteiger partial charge on any atom is 0.330 e. The lowest BCUT2D eigenvalue weighted by molar-refractivity contribution is -0.138. The van der Waals surface area contributed by atoms with Crippen LogP contribution in [0.5, 0.6) is 11.5 Å². The van der Waals surface area contributed by atoms with E-state index in [9.17, 15) is 14.7 Å². The second kappa shape index (κ2) is 10.8. The highest BCUT2D eigenvalue weighted by atomic mass is 16.5. The number of rotatable bonds is 11. The third-order valence-corrected chi connectivity index (χ3v) is 4.77. The Balaban J connectivity index is 1.83. The van der Waals surface area contributed by atoms with Gasteiger partial charge < -0.3 is 25.6 Å². The van der Waals surface area contributed by atoms with Gasteiger partial charge in [-0.25, -0.2) is 4.79 Å². The van der Waals surface area contributed by atoms with Crippen LogP contribution >= 0.6 is 0 Å². The number of carbonyl (C=O) groups is 2. The number of nitrogens with one attached hydrogen (secondary N) is 2. The number of carboxylic acids is 1. The van der Waals surface area contributed by atoms with Gasteiger partial charge in [-0.1, -0.05) is 30.3 Å². The summed E-state index contributed by atoms with van der Waals surface area (Å²) < 4.78 is 11.3. The van der Waals surface area contributed by atoms with E-state index in [1.54, 1.807) is 66.7 Å². The molecule has 0 aliphatic rings. The number of carbonyl (C=O) groups excluding carboxylic acids is 1. The van der Waals surface area contributed by atoms with E-state index in [-0.39, 0.29) is 18.2 Å². The SMILES string of the molecule is CCOc1cc(OCC(=O)c2ccccc2)cc(C(Nc2ccc(C(=N)N)cc2)C(=O)O)c1. The highest BCUT2D eigenvalue weighted by Crippen LogP contribution is 2.29. The zero-order valence-electron chi connectivity index (χ0n) is 18.1. The topological polar surface area (TPSA) is 135 Å². The minimum absolute atomic E-state index is 0.0763. The van der Waals surface area contributed by atoms with E-state index in [1.807, 2.05) is 13.0 Å². The molecule has 0 bridgehead atoms. The number of nitrogens with two attached hydrogens (primary N) is 1. The van der Waals surface area contributed by atoms with E-state index in [2.05, 4.69) is 5.32 Å². The van der Waals surface area contributed by atoms with Crippen LogP contribution < -0.4 is 20.5 Å². The highest BCUT2D eigenvalue weighted by molar-refractivity contribution is 5.97. The van der Waals surface area contributed by atoms with Gasteiger partial charge in [0.1, 0.15) is 17.3 Å². The summed E-state index contributed by atoms with van der Waals surface area (Å²) in [6.45, 7) is 2.00. The van der Waals surface area contributed by atoms with Gasteiger partial charge in [0.2, 0.25) is 0 Å². The summed E-state index contributed by atoms with van der Waals surface area (Å²) >= 11 is 0. The molecular weight excluding hydrogens is 422 g/mol. The van der Waals surface area contributed by atoms with Crippen molar-refractivity contribution in [2.24, 2.45) is 5.73 Å². The Bertz CT molecular complexity index is 1130. The van der Waals surface area contributed by atoms with Crippen LogP contribution in [0.1, 0.15) is 34.5 Å². The molecule has 0 heterocycles. The van der Waals surface area contributed by atoms with E-state index in [0.29, 0.717) is 40.5 Å². The molecule has 1 unspecified atom stereocenters. The lowest BCUT2D eigenvalue weighted by atomic mass is 10.0. The molecular formula is C25H25N3O5. The molecule has 1 atom stereocenters. The number of hydrogen-bond donors (Lipinski definition) is 4. The molecule has 8 heteroatoms. The van der Waals surface area contributed by atoms with Crippen molar-refractivity contribution in [1.82, 2.24) is 0 Å². The second-order valence-electron chi connectivity index (χ2n) is 7.16. The molecule has 3 aromatic rings. The molecule has 0 fully saturated rings. The van der Waals surface area contributed by atoms with Crippen molar-refractivity contribution in [1.29, 1.82) is 5.41 Å². The third-order valence-electron chi connectivity index (χ3n) is 4.77. The Kier molecular flexibility index (Phi) is 7.64. The maximum atomic E-state index is 12.4. The summed E-state index contributed by atoms with van der Waals surface area (Å²) in [5.74, 6) is -0.632. The molecule has 170 valence electrons. The van der Waals surface area contributed by atoms with Gasteiger partial charge in [0.25, 0.3) is 0 Å². The van der Waals surface area contributed by atoms with Crippen LogP contribution in [0.2, 0.25) is 0 Å². The van der Waals surface area contributed by atoms with Crippen molar-refractivity contribution in [3.05, 3.63) is 89.5 Å². The van der Waals surface area contributed by atoms with E-state index in [4.69, 9.17) is 20.6 Å². The smallest absolute Gasteiger partial charge is 0.330 e. The average molecular weight is 447 g/mol. The Morgan fingerprint density at radius 3 is 2.18 bits per heavy atom. The van der Waals surface area contributed by atoms with Gasteiger partial charge in [0.15, 0.2) is 18.4 Å². The number of hydrogen-bond acceptors (Lipinski definition) is 6. The third kappa shape index (κ3) is 6.33. The Morgan fingerprint density at radius 1 is 0.970 bits per heavy atom. The fourth-order valence-corrected chi connectivity index (χ4v) is 3.15. The number of anilines is 1. The molecule has 0 amide bonds. The van der Waals surface area contributed by atoms with Crippen molar-refractivity contribution in [2.75, 3.05) is 18.5 Å². The molecule has 0 radical (unpaired) electrons. The van der Waals surface area contributed by atoms with Crippen molar-refractivity contribution in [3.63, 3.8) is 0 Å². The molecule has 0 spiro atoms. The van der Waals surface area contributed by atoms with Gasteiger partial charge >= 0.3 is 5.97 Å². The zero-order valence-corrected chi connectivity index (χ0v) is 18.1. The Labute approximate surface area is 191 Å². The molecule has 0 saturated heterocycles. The van der Waals surface area contributed by atoms with Crippen LogP contribution in [0.3, 0.4) is 0 Å². The number of amidine groups is 1. The van der Waals surface area contributed by atoms with Crippen LogP contribution in [-0.2, 0) is 4.79 Å². The van der Waals surface area contributed by atoms with Crippen molar-refractivity contribution in [2.45, 2.75) is 13.0 Å². The fraction of sp³-hybridized carbons (Fsp3) is 0.160. The van der Waals surface area contributed by atoms with Gasteiger partial charge in [-0.2, -0.15) is 0 Å². The summed E-state index contributed by atoms with van der Waals surface area (Å²) in [7, 11) is 0. The van der Waals surface area contributed by atoms with Crippen LogP contribution in [0.25, 0.3) is 0 Å². The van der Waals surface area contributed by atoms with Crippen LogP contribution in [0.4, 0.5) is 5.69 Å². The first-order chi connectivity index (χ1) is 15.9. The first-order valence-electron chi connectivity index (χ1n) is 10.3. The molecule has 3 aromatic carbocycles. The standard InChI is InChI=1S/C25H25N3O5/c1-2-32-20-12-18(13-21(14-20)33-15-22(29)16-6-4-3-5-7-16)23(25(30)31)28-19-10-8-17(9-11-19)24(26)27/h3-14,23,28H,2,15H2,1H3,(H3,26,27)(H,30,31). The van der Waals surface area contributed by atoms with E-state index >= 15 is 0 Å². The number of aliphatic carboxylic acids is 1. The number of nitrogen functional groups attached to an aromatic ring is 1. The van der Waals surface area contributed by atoms with Crippen LogP contribution in [-0.4, -0.2) is 35.9 Å². The van der Waals surface area contributed by atoms with E-state index < -0.39 is 12.0 Å². The highest BCUT2D eigenvalue weighted by Gasteiger charge is 2.22. The Hall–Kier alpha value is -4.33. The van der Waals surface area contributed by atoms with Crippen molar-refractivity contribution < 1.29 is 24.2 Å². The first kappa shape index (κ1) is 23.3. The molecule has 0 aliphatic carbocycles. The number of Topliss-reactive ketones (excluding diaryl/α,β-unsaturated/α-hetero) is 1. The number of benzene rings is 3. The number of ether oxygens (including phenoxy) is 2. The zero-order chi connectivity index (χ0) is 23.8. The normalized spacial score (nSPS) is 11.3. The molecule has 0 aromatic heterocycles. The minimum atomic E-state index is -1.11. The molecule has 0 aliphatic heterocycles. The summed E-state index contributed by atoms with van der Waals surface area (Å²) in [6, 6.07) is 19.0. The fourth-order valence-electron chi connectivity index (χ4n) is 3.15. The molecule has 0 saturated carbocycles. The van der Waals surface area contributed by atoms with E-state index in [0.717, 1.165) is 0 Å². The van der Waals surface area contributed by atoms with E-state index in [1.165, 1.54) is 0 Å². The van der Waals surface area contributed by atoms with Crippen molar-refractivity contribution in [3.8, 4) is 11.5 Å². The van der Waals surface area contributed by atoms with Crippen molar-refractivity contribution >= 4 is 23.3 Å². The lowest BCUT2D eigenvalue weighted by Gasteiger charge is -2.19. The predicted octanol–water partition coefficient (Wildman–Crippen LogP) is 3.87. The molecule has 5 N–H and O–H groups in total. The summed E-state index contributed by atoms with van der Waals surface area (Å²) in [5, 5.41) is 20.3. The van der Waals surface area contributed by atoms with Crippen LogP contribution in [0.15, 0.2) is 72.8 Å². The monoisotopic (exact) mass is 447 g/mol. The summed E-state index contributed by atoms with van der Waals surface area (Å²) in [4.78, 5) is 24.4. The quantitative estimate of drug-likeness (QED) is 0.199. The molecule has 33 heavy (non-hydrogen) atoms. The molecule has 3 rings (SSSR count). The predicted molar refractivity (Wildman–Crippen MR) is 125 cm³/mol. The summed E-state index contributed by atoms with van der Waals surface area (Å²) in [5.41, 5.74) is 7.46. The number of ketones is 1. The van der Waals surface area contributed by atoms with Gasteiger partial charge in [-0.3, -0.25) is 10.2 Å². The maximum absolute atomic E-state index is 12.4. The lowest BCUT2D eigenvalue weighted by Crippen LogP contribution is -2.21. The van der Waals surface area contributed by atoms with Gasteiger partial charge in [-0.05, 0) is 48.9 Å². The first-order valence-corrected chi connectivity index (χ1v) is 10.3. The second-order valence-corrected chi connectivity index (χ2v) is 7.16. The average Bonchev–Trinajstić information content (AvgIpc) is 2.81. The largest absolute Gasteiger partial charge is 0.494 e. The van der Waals surface area contributed by atoms with Gasteiger partial charge in [0.05, 0.1) is 6.61 Å². The van der Waals surface area contributed by atoms with Gasteiger partial charge in [0, 0.05) is 22.9 Å². The number of carboxylic acid groups (broad SMARTS) is 1. The molecule has 8 nitrogen and oxygen atoms in total. The minimum Gasteiger partial charge on any atom is -0.494 e. The Morgan fingerprint density at radius 2 is 1.61 bits per heavy atom. The van der Waals surface area contributed by atoms with Gasteiger partial charge in [-0.15, -0.1) is 0 Å².